The number of nitrogens with one attached hydrogen (secondary N) is 1. The molecule has 19 heavy (non-hydrogen) atoms. The van der Waals surface area contributed by atoms with Crippen molar-refractivity contribution < 1.29 is 14.3 Å². The van der Waals surface area contributed by atoms with Gasteiger partial charge in [0.2, 0.25) is 0 Å². The van der Waals surface area contributed by atoms with Crippen LogP contribution in [-0.2, 0) is 4.74 Å². The minimum atomic E-state index is -0.518. The van der Waals surface area contributed by atoms with Crippen molar-refractivity contribution in [2.24, 2.45) is 0 Å². The Morgan fingerprint density at radius 3 is 2.53 bits per heavy atom. The average molecular weight is 263 g/mol. The second-order valence-corrected chi connectivity index (χ2v) is 5.11. The van der Waals surface area contributed by atoms with Crippen LogP contribution in [0.3, 0.4) is 0 Å². The molecule has 0 fully saturated rings. The van der Waals surface area contributed by atoms with Gasteiger partial charge in [0.1, 0.15) is 18.0 Å². The van der Waals surface area contributed by atoms with Crippen molar-refractivity contribution in [2.75, 3.05) is 6.61 Å². The van der Waals surface area contributed by atoms with Crippen LogP contribution in [0, 0.1) is 0 Å². The van der Waals surface area contributed by atoms with Gasteiger partial charge in [0.25, 0.3) is 0 Å². The van der Waals surface area contributed by atoms with Crippen molar-refractivity contribution in [1.82, 2.24) is 5.32 Å². The SMILES string of the molecule is C=CC(COc1ccccc1)NC(=O)OC(C)(C)C. The highest BCUT2D eigenvalue weighted by molar-refractivity contribution is 5.68. The summed E-state index contributed by atoms with van der Waals surface area (Å²) in [6.45, 7) is 9.43. The summed E-state index contributed by atoms with van der Waals surface area (Å²) < 4.78 is 10.7. The van der Waals surface area contributed by atoms with Crippen molar-refractivity contribution in [2.45, 2.75) is 32.4 Å². The lowest BCUT2D eigenvalue weighted by Crippen LogP contribution is -2.41. The van der Waals surface area contributed by atoms with Crippen LogP contribution in [0.4, 0.5) is 4.79 Å². The maximum Gasteiger partial charge on any atom is 0.408 e. The van der Waals surface area contributed by atoms with E-state index < -0.39 is 11.7 Å². The first-order valence-corrected chi connectivity index (χ1v) is 6.20. The molecular weight excluding hydrogens is 242 g/mol. The number of hydrogen-bond acceptors (Lipinski definition) is 3. The molecule has 0 aromatic heterocycles. The second kappa shape index (κ2) is 6.83. The smallest absolute Gasteiger partial charge is 0.408 e. The third kappa shape index (κ3) is 6.50. The Labute approximate surface area is 114 Å². The Bertz CT molecular complexity index is 409. The Morgan fingerprint density at radius 2 is 2.00 bits per heavy atom. The van der Waals surface area contributed by atoms with E-state index in [0.717, 1.165) is 5.75 Å². The number of amides is 1. The van der Waals surface area contributed by atoms with E-state index in [1.807, 2.05) is 51.1 Å². The van der Waals surface area contributed by atoms with Gasteiger partial charge >= 0.3 is 6.09 Å². The lowest BCUT2D eigenvalue weighted by atomic mass is 10.2. The topological polar surface area (TPSA) is 47.6 Å². The summed E-state index contributed by atoms with van der Waals surface area (Å²) in [7, 11) is 0. The summed E-state index contributed by atoms with van der Waals surface area (Å²) in [6.07, 6.45) is 1.14. The normalized spacial score (nSPS) is 12.4. The van der Waals surface area contributed by atoms with Gasteiger partial charge in [-0.15, -0.1) is 6.58 Å². The summed E-state index contributed by atoms with van der Waals surface area (Å²) in [5.41, 5.74) is -0.518. The summed E-state index contributed by atoms with van der Waals surface area (Å²) >= 11 is 0. The number of benzene rings is 1. The van der Waals surface area contributed by atoms with Crippen molar-refractivity contribution in [1.29, 1.82) is 0 Å². The molecular formula is C15H21NO3. The number of para-hydroxylation sites is 1. The lowest BCUT2D eigenvalue weighted by Gasteiger charge is -2.22. The Balaban J connectivity index is 2.42. The quantitative estimate of drug-likeness (QED) is 0.830. The molecule has 4 heteroatoms. The molecule has 4 nitrogen and oxygen atoms in total. The van der Waals surface area contributed by atoms with Gasteiger partial charge in [0.05, 0.1) is 6.04 Å². The zero-order valence-electron chi connectivity index (χ0n) is 11.7. The zero-order valence-corrected chi connectivity index (χ0v) is 11.7. The summed E-state index contributed by atoms with van der Waals surface area (Å²) in [6, 6.07) is 9.10. The second-order valence-electron chi connectivity index (χ2n) is 5.11. The van der Waals surface area contributed by atoms with Crippen LogP contribution in [0.25, 0.3) is 0 Å². The molecule has 0 radical (unpaired) electrons. The third-order valence-electron chi connectivity index (χ3n) is 2.16. The predicted octanol–water partition coefficient (Wildman–Crippen LogP) is 3.14. The van der Waals surface area contributed by atoms with E-state index in [1.54, 1.807) is 6.08 Å². The van der Waals surface area contributed by atoms with E-state index >= 15 is 0 Å². The molecule has 0 saturated heterocycles. The molecule has 104 valence electrons. The van der Waals surface area contributed by atoms with Crippen molar-refractivity contribution in [3.05, 3.63) is 43.0 Å². The van der Waals surface area contributed by atoms with E-state index in [1.165, 1.54) is 0 Å². The Morgan fingerprint density at radius 1 is 1.37 bits per heavy atom. The molecule has 1 aromatic carbocycles. The maximum absolute atomic E-state index is 11.6. The van der Waals surface area contributed by atoms with Gasteiger partial charge in [0.15, 0.2) is 0 Å². The van der Waals surface area contributed by atoms with Gasteiger partial charge < -0.3 is 14.8 Å². The summed E-state index contributed by atoms with van der Waals surface area (Å²) in [4.78, 5) is 11.6. The van der Waals surface area contributed by atoms with Gasteiger partial charge in [-0.05, 0) is 32.9 Å². The molecule has 0 spiro atoms. The van der Waals surface area contributed by atoms with Crippen molar-refractivity contribution in [3.63, 3.8) is 0 Å². The van der Waals surface area contributed by atoms with Gasteiger partial charge in [0, 0.05) is 0 Å². The van der Waals surface area contributed by atoms with Crippen molar-refractivity contribution >= 4 is 6.09 Å². The monoisotopic (exact) mass is 263 g/mol. The molecule has 0 saturated carbocycles. The van der Waals surface area contributed by atoms with Crippen molar-refractivity contribution in [3.8, 4) is 5.75 Å². The van der Waals surface area contributed by atoms with Crippen LogP contribution in [0.1, 0.15) is 20.8 Å². The van der Waals surface area contributed by atoms with E-state index in [2.05, 4.69) is 11.9 Å². The van der Waals surface area contributed by atoms with Crippen LogP contribution < -0.4 is 10.1 Å². The Kier molecular flexibility index (Phi) is 5.42. The first kappa shape index (κ1) is 15.1. The highest BCUT2D eigenvalue weighted by atomic mass is 16.6. The first-order valence-electron chi connectivity index (χ1n) is 6.20. The highest BCUT2D eigenvalue weighted by Gasteiger charge is 2.18. The first-order chi connectivity index (χ1) is 8.90. The maximum atomic E-state index is 11.6. The van der Waals surface area contributed by atoms with Gasteiger partial charge in [-0.1, -0.05) is 24.3 Å². The Hall–Kier alpha value is -1.97. The minimum Gasteiger partial charge on any atom is -0.491 e. The molecule has 1 unspecified atom stereocenters. The fraction of sp³-hybridized carbons (Fsp3) is 0.400. The molecule has 0 aliphatic carbocycles. The molecule has 0 bridgehead atoms. The number of carbonyl (C=O) groups is 1. The fourth-order valence-corrected chi connectivity index (χ4v) is 1.33. The molecule has 1 N–H and O–H groups in total. The van der Waals surface area contributed by atoms with Crippen LogP contribution >= 0.6 is 0 Å². The van der Waals surface area contributed by atoms with Crippen LogP contribution in [0.5, 0.6) is 5.75 Å². The van der Waals surface area contributed by atoms with E-state index in [-0.39, 0.29) is 6.04 Å². The van der Waals surface area contributed by atoms with Crippen LogP contribution in [-0.4, -0.2) is 24.3 Å². The molecule has 0 aliphatic rings. The van der Waals surface area contributed by atoms with Crippen LogP contribution in [0.15, 0.2) is 43.0 Å². The standard InChI is InChI=1S/C15H21NO3/c1-5-12(16-14(17)19-15(2,3)4)11-18-13-9-7-6-8-10-13/h5-10,12H,1,11H2,2-4H3,(H,16,17). The summed E-state index contributed by atoms with van der Waals surface area (Å²) in [5, 5.41) is 2.69. The molecule has 0 heterocycles. The average Bonchev–Trinajstić information content (AvgIpc) is 2.33. The lowest BCUT2D eigenvalue weighted by molar-refractivity contribution is 0.0502. The third-order valence-corrected chi connectivity index (χ3v) is 2.16. The number of carbonyl (C=O) groups excluding carboxylic acids is 1. The minimum absolute atomic E-state index is 0.296. The fourth-order valence-electron chi connectivity index (χ4n) is 1.33. The van der Waals surface area contributed by atoms with Gasteiger partial charge in [-0.3, -0.25) is 0 Å². The molecule has 1 aromatic rings. The molecule has 1 atom stereocenters. The number of hydrogen-bond donors (Lipinski definition) is 1. The predicted molar refractivity (Wildman–Crippen MR) is 75.3 cm³/mol. The van der Waals surface area contributed by atoms with Gasteiger partial charge in [-0.2, -0.15) is 0 Å². The largest absolute Gasteiger partial charge is 0.491 e. The highest BCUT2D eigenvalue weighted by Crippen LogP contribution is 2.09. The number of ether oxygens (including phenoxy) is 2. The zero-order chi connectivity index (χ0) is 14.3. The number of alkyl carbamates (subject to hydrolysis) is 1. The molecule has 1 amide bonds. The molecule has 1 rings (SSSR count). The molecule has 0 aliphatic heterocycles. The van der Waals surface area contributed by atoms with E-state index in [0.29, 0.717) is 6.61 Å². The number of rotatable bonds is 5. The summed E-state index contributed by atoms with van der Waals surface area (Å²) in [5.74, 6) is 0.750. The van der Waals surface area contributed by atoms with E-state index in [9.17, 15) is 4.79 Å². The van der Waals surface area contributed by atoms with E-state index in [4.69, 9.17) is 9.47 Å². The van der Waals surface area contributed by atoms with Gasteiger partial charge in [-0.25, -0.2) is 4.79 Å². The van der Waals surface area contributed by atoms with Crippen LogP contribution in [0.2, 0.25) is 0 Å².